The summed E-state index contributed by atoms with van der Waals surface area (Å²) >= 11 is 1.95. The van der Waals surface area contributed by atoms with E-state index in [1.165, 1.54) is 23.1 Å². The van der Waals surface area contributed by atoms with Gasteiger partial charge in [-0.1, -0.05) is 6.07 Å². The van der Waals surface area contributed by atoms with E-state index >= 15 is 0 Å². The summed E-state index contributed by atoms with van der Waals surface area (Å²) in [5.74, 6) is -3.66. The lowest BCUT2D eigenvalue weighted by molar-refractivity contribution is -0.157. The van der Waals surface area contributed by atoms with Crippen molar-refractivity contribution in [2.24, 2.45) is 5.92 Å². The first-order valence-electron chi connectivity index (χ1n) is 9.86. The van der Waals surface area contributed by atoms with Gasteiger partial charge in [0.15, 0.2) is 11.6 Å². The quantitative estimate of drug-likeness (QED) is 0.388. The number of likely N-dealkylation sites (tertiary alicyclic amines) is 1. The molecule has 1 fully saturated rings. The van der Waals surface area contributed by atoms with Crippen molar-refractivity contribution in [1.29, 1.82) is 0 Å². The maximum absolute atomic E-state index is 14.6. The largest absolute Gasteiger partial charge is 0.460 e. The summed E-state index contributed by atoms with van der Waals surface area (Å²) in [6.45, 7) is 5.97. The molecule has 3 rings (SSSR count). The van der Waals surface area contributed by atoms with Gasteiger partial charge in [0.2, 0.25) is 0 Å². The zero-order chi connectivity index (χ0) is 22.9. The van der Waals surface area contributed by atoms with Crippen molar-refractivity contribution in [3.05, 3.63) is 68.0 Å². The molecule has 2 aromatic carbocycles. The number of rotatable bonds is 5. The van der Waals surface area contributed by atoms with Crippen LogP contribution in [0.2, 0.25) is 0 Å². The van der Waals surface area contributed by atoms with Gasteiger partial charge in [0, 0.05) is 40.1 Å². The molecular formula is C23H23F3INO3. The molecule has 1 amide bonds. The first-order chi connectivity index (χ1) is 14.4. The van der Waals surface area contributed by atoms with Gasteiger partial charge in [0.25, 0.3) is 5.91 Å². The predicted molar refractivity (Wildman–Crippen MR) is 118 cm³/mol. The molecule has 166 valence electrons. The molecule has 0 spiro atoms. The van der Waals surface area contributed by atoms with E-state index in [-0.39, 0.29) is 41.4 Å². The van der Waals surface area contributed by atoms with Crippen LogP contribution in [0.5, 0.6) is 0 Å². The standard InChI is InChI=1S/C23H23F3INO3/c1-23(2,3)31-20(29)8-13-11-28(12-13)22(30)16-6-7-18(24)21(26)17(16)9-14-4-5-15(27)10-19(14)25/h4-7,10,13H,8-9,11-12H2,1-3H3. The third-order valence-corrected chi connectivity index (χ3v) is 5.60. The summed E-state index contributed by atoms with van der Waals surface area (Å²) in [6, 6.07) is 6.58. The lowest BCUT2D eigenvalue weighted by Crippen LogP contribution is -2.51. The molecule has 8 heteroatoms. The Morgan fingerprint density at radius 2 is 1.77 bits per heavy atom. The molecule has 0 saturated carbocycles. The fourth-order valence-electron chi connectivity index (χ4n) is 3.48. The molecule has 1 aliphatic heterocycles. The van der Waals surface area contributed by atoms with Crippen molar-refractivity contribution in [3.8, 4) is 0 Å². The van der Waals surface area contributed by atoms with Gasteiger partial charge in [0.1, 0.15) is 11.4 Å². The van der Waals surface area contributed by atoms with E-state index in [1.807, 2.05) is 22.6 Å². The van der Waals surface area contributed by atoms with Crippen LogP contribution in [-0.2, 0) is 16.0 Å². The predicted octanol–water partition coefficient (Wildman–Crippen LogP) is 5.10. The van der Waals surface area contributed by atoms with Crippen molar-refractivity contribution < 1.29 is 27.5 Å². The molecule has 1 saturated heterocycles. The Balaban J connectivity index is 1.74. The SMILES string of the molecule is CC(C)(C)OC(=O)CC1CN(C(=O)c2ccc(F)c(F)c2Cc2ccc(I)cc2F)C1. The van der Waals surface area contributed by atoms with Gasteiger partial charge in [-0.05, 0) is 73.2 Å². The number of carbonyl (C=O) groups is 2. The lowest BCUT2D eigenvalue weighted by atomic mass is 9.93. The summed E-state index contributed by atoms with van der Waals surface area (Å²) in [5, 5.41) is 0. The Morgan fingerprint density at radius 3 is 2.39 bits per heavy atom. The molecule has 31 heavy (non-hydrogen) atoms. The Hall–Kier alpha value is -2.10. The highest BCUT2D eigenvalue weighted by Crippen LogP contribution is 2.28. The van der Waals surface area contributed by atoms with E-state index in [4.69, 9.17) is 4.74 Å². The Kier molecular flexibility index (Phi) is 6.98. The number of halogens is 4. The second-order valence-electron chi connectivity index (χ2n) is 8.67. The zero-order valence-corrected chi connectivity index (χ0v) is 19.6. The van der Waals surface area contributed by atoms with E-state index < -0.39 is 29.0 Å². The molecule has 2 aromatic rings. The van der Waals surface area contributed by atoms with Crippen LogP contribution in [0.1, 0.15) is 48.7 Å². The average molecular weight is 545 g/mol. The lowest BCUT2D eigenvalue weighted by Gasteiger charge is -2.39. The Labute approximate surface area is 192 Å². The van der Waals surface area contributed by atoms with E-state index in [0.717, 1.165) is 6.07 Å². The minimum Gasteiger partial charge on any atom is -0.460 e. The summed E-state index contributed by atoms with van der Waals surface area (Å²) < 4.78 is 48.7. The number of nitrogens with zero attached hydrogens (tertiary/aromatic N) is 1. The van der Waals surface area contributed by atoms with E-state index in [9.17, 15) is 22.8 Å². The minimum absolute atomic E-state index is 0.00688. The molecule has 0 aliphatic carbocycles. The third kappa shape index (κ3) is 5.78. The van der Waals surface area contributed by atoms with Gasteiger partial charge in [0.05, 0.1) is 6.42 Å². The second-order valence-corrected chi connectivity index (χ2v) is 9.91. The van der Waals surface area contributed by atoms with Crippen LogP contribution in [0.3, 0.4) is 0 Å². The number of hydrogen-bond donors (Lipinski definition) is 0. The van der Waals surface area contributed by atoms with Gasteiger partial charge in [-0.15, -0.1) is 0 Å². The van der Waals surface area contributed by atoms with Crippen LogP contribution in [0, 0.1) is 26.9 Å². The van der Waals surface area contributed by atoms with Crippen molar-refractivity contribution >= 4 is 34.5 Å². The van der Waals surface area contributed by atoms with Gasteiger partial charge in [-0.3, -0.25) is 9.59 Å². The maximum Gasteiger partial charge on any atom is 0.306 e. The van der Waals surface area contributed by atoms with Crippen LogP contribution in [0.25, 0.3) is 0 Å². The van der Waals surface area contributed by atoms with Crippen LogP contribution in [0.4, 0.5) is 13.2 Å². The maximum atomic E-state index is 14.6. The molecule has 0 aromatic heterocycles. The molecular weight excluding hydrogens is 522 g/mol. The number of esters is 1. The molecule has 0 radical (unpaired) electrons. The highest BCUT2D eigenvalue weighted by atomic mass is 127. The molecule has 4 nitrogen and oxygen atoms in total. The smallest absolute Gasteiger partial charge is 0.306 e. The topological polar surface area (TPSA) is 46.6 Å². The van der Waals surface area contributed by atoms with Gasteiger partial charge >= 0.3 is 5.97 Å². The third-order valence-electron chi connectivity index (χ3n) is 4.93. The second kappa shape index (κ2) is 9.18. The monoisotopic (exact) mass is 545 g/mol. The van der Waals surface area contributed by atoms with Gasteiger partial charge in [-0.2, -0.15) is 0 Å². The number of ether oxygens (including phenoxy) is 1. The van der Waals surface area contributed by atoms with Crippen LogP contribution >= 0.6 is 22.6 Å². The normalized spacial score (nSPS) is 14.4. The van der Waals surface area contributed by atoms with Crippen LogP contribution < -0.4 is 0 Å². The highest BCUT2D eigenvalue weighted by molar-refractivity contribution is 14.1. The molecule has 0 unspecified atom stereocenters. The first-order valence-corrected chi connectivity index (χ1v) is 10.9. The highest BCUT2D eigenvalue weighted by Gasteiger charge is 2.35. The van der Waals surface area contributed by atoms with Crippen molar-refractivity contribution in [2.45, 2.75) is 39.2 Å². The van der Waals surface area contributed by atoms with E-state index in [2.05, 4.69) is 0 Å². The fraction of sp³-hybridized carbons (Fsp3) is 0.391. The van der Waals surface area contributed by atoms with E-state index in [0.29, 0.717) is 16.7 Å². The van der Waals surface area contributed by atoms with Gasteiger partial charge in [-0.25, -0.2) is 13.2 Å². The fourth-order valence-corrected chi connectivity index (χ4v) is 3.93. The molecule has 1 heterocycles. The van der Waals surface area contributed by atoms with E-state index in [1.54, 1.807) is 26.8 Å². The number of benzene rings is 2. The summed E-state index contributed by atoms with van der Waals surface area (Å²) in [4.78, 5) is 26.3. The summed E-state index contributed by atoms with van der Waals surface area (Å²) in [6.07, 6.45) is -0.0673. The van der Waals surface area contributed by atoms with Crippen LogP contribution in [-0.4, -0.2) is 35.5 Å². The Morgan fingerprint density at radius 1 is 1.10 bits per heavy atom. The molecule has 0 atom stereocenters. The minimum atomic E-state index is -1.16. The summed E-state index contributed by atoms with van der Waals surface area (Å²) in [7, 11) is 0. The number of amides is 1. The number of hydrogen-bond acceptors (Lipinski definition) is 3. The van der Waals surface area contributed by atoms with Gasteiger partial charge < -0.3 is 9.64 Å². The molecule has 0 bridgehead atoms. The van der Waals surface area contributed by atoms with Crippen molar-refractivity contribution in [2.75, 3.05) is 13.1 Å². The Bertz CT molecular complexity index is 1010. The molecule has 0 N–H and O–H groups in total. The first kappa shape index (κ1) is 23.6. The number of carbonyl (C=O) groups excluding carboxylic acids is 2. The van der Waals surface area contributed by atoms with Crippen molar-refractivity contribution in [3.63, 3.8) is 0 Å². The van der Waals surface area contributed by atoms with Crippen molar-refractivity contribution in [1.82, 2.24) is 4.90 Å². The zero-order valence-electron chi connectivity index (χ0n) is 17.5. The van der Waals surface area contributed by atoms with Crippen LogP contribution in [0.15, 0.2) is 30.3 Å². The average Bonchev–Trinajstić information content (AvgIpc) is 2.62. The summed E-state index contributed by atoms with van der Waals surface area (Å²) in [5.41, 5.74) is -0.597. The molecule has 1 aliphatic rings.